The van der Waals surface area contributed by atoms with Gasteiger partial charge in [-0.3, -0.25) is 4.98 Å². The Kier molecular flexibility index (Phi) is 4.05. The van der Waals surface area contributed by atoms with Crippen molar-refractivity contribution in [2.24, 2.45) is 0 Å². The van der Waals surface area contributed by atoms with E-state index < -0.39 is 0 Å². The zero-order valence-electron chi connectivity index (χ0n) is 10.7. The van der Waals surface area contributed by atoms with Gasteiger partial charge in [-0.2, -0.15) is 0 Å². The summed E-state index contributed by atoms with van der Waals surface area (Å²) in [5, 5.41) is 3.26. The first-order valence-corrected chi connectivity index (χ1v) is 6.03. The maximum Gasteiger partial charge on any atom is 0.123 e. The number of aryl methyl sites for hydroxylation is 1. The molecule has 94 valence electrons. The first kappa shape index (κ1) is 12.7. The zero-order valence-corrected chi connectivity index (χ0v) is 10.7. The van der Waals surface area contributed by atoms with E-state index in [9.17, 15) is 4.39 Å². The SMILES string of the molecule is CNC(Cc1cccc(F)c1)c1cnccc1C. The molecule has 1 N–H and O–H groups in total. The molecular weight excluding hydrogens is 227 g/mol. The number of aromatic nitrogens is 1. The third-order valence-electron chi connectivity index (χ3n) is 3.13. The van der Waals surface area contributed by atoms with Crippen molar-refractivity contribution in [1.29, 1.82) is 0 Å². The van der Waals surface area contributed by atoms with Crippen LogP contribution in [0.1, 0.15) is 22.7 Å². The average Bonchev–Trinajstić information content (AvgIpc) is 2.37. The molecule has 2 aromatic rings. The molecule has 0 fully saturated rings. The quantitative estimate of drug-likeness (QED) is 0.894. The van der Waals surface area contributed by atoms with E-state index >= 15 is 0 Å². The van der Waals surface area contributed by atoms with Crippen molar-refractivity contribution in [2.45, 2.75) is 19.4 Å². The van der Waals surface area contributed by atoms with Gasteiger partial charge >= 0.3 is 0 Å². The fourth-order valence-corrected chi connectivity index (χ4v) is 2.11. The lowest BCUT2D eigenvalue weighted by Crippen LogP contribution is -2.20. The summed E-state index contributed by atoms with van der Waals surface area (Å²) < 4.78 is 13.2. The van der Waals surface area contributed by atoms with E-state index in [0.29, 0.717) is 0 Å². The van der Waals surface area contributed by atoms with E-state index in [2.05, 4.69) is 17.2 Å². The molecule has 0 radical (unpaired) electrons. The predicted molar refractivity (Wildman–Crippen MR) is 70.9 cm³/mol. The van der Waals surface area contributed by atoms with Crippen LogP contribution in [0.5, 0.6) is 0 Å². The Morgan fingerprint density at radius 1 is 1.33 bits per heavy atom. The minimum absolute atomic E-state index is 0.153. The molecule has 0 saturated carbocycles. The first-order chi connectivity index (χ1) is 8.70. The summed E-state index contributed by atoms with van der Waals surface area (Å²) in [6.07, 6.45) is 4.41. The number of hydrogen-bond donors (Lipinski definition) is 1. The van der Waals surface area contributed by atoms with Crippen LogP contribution in [0.4, 0.5) is 4.39 Å². The molecular formula is C15H17FN2. The number of rotatable bonds is 4. The lowest BCUT2D eigenvalue weighted by molar-refractivity contribution is 0.580. The molecule has 1 aromatic heterocycles. The Morgan fingerprint density at radius 2 is 2.17 bits per heavy atom. The van der Waals surface area contributed by atoms with Gasteiger partial charge in [-0.25, -0.2) is 4.39 Å². The second kappa shape index (κ2) is 5.74. The molecule has 1 aromatic carbocycles. The van der Waals surface area contributed by atoms with Gasteiger partial charge in [0.2, 0.25) is 0 Å². The van der Waals surface area contributed by atoms with E-state index in [4.69, 9.17) is 0 Å². The normalized spacial score (nSPS) is 12.4. The maximum atomic E-state index is 13.2. The largest absolute Gasteiger partial charge is 0.313 e. The van der Waals surface area contributed by atoms with E-state index in [-0.39, 0.29) is 11.9 Å². The smallest absolute Gasteiger partial charge is 0.123 e. The number of halogens is 1. The van der Waals surface area contributed by atoms with E-state index in [1.807, 2.05) is 25.4 Å². The Hall–Kier alpha value is -1.74. The third-order valence-corrected chi connectivity index (χ3v) is 3.13. The average molecular weight is 244 g/mol. The van der Waals surface area contributed by atoms with Gasteiger partial charge in [-0.1, -0.05) is 12.1 Å². The van der Waals surface area contributed by atoms with Gasteiger partial charge in [-0.05, 0) is 55.3 Å². The highest BCUT2D eigenvalue weighted by atomic mass is 19.1. The standard InChI is InChI=1S/C15H17FN2/c1-11-6-7-18-10-14(11)15(17-2)9-12-4-3-5-13(16)8-12/h3-8,10,15,17H,9H2,1-2H3. The topological polar surface area (TPSA) is 24.9 Å². The van der Waals surface area contributed by atoms with Gasteiger partial charge in [0.25, 0.3) is 0 Å². The van der Waals surface area contributed by atoms with Crippen molar-refractivity contribution < 1.29 is 4.39 Å². The molecule has 1 unspecified atom stereocenters. The van der Waals surface area contributed by atoms with Crippen LogP contribution in [-0.4, -0.2) is 12.0 Å². The predicted octanol–water partition coefficient (Wildman–Crippen LogP) is 3.03. The highest BCUT2D eigenvalue weighted by Gasteiger charge is 2.12. The van der Waals surface area contributed by atoms with Gasteiger partial charge in [0.05, 0.1) is 0 Å². The number of benzene rings is 1. The third kappa shape index (κ3) is 2.93. The van der Waals surface area contributed by atoms with Crippen LogP contribution in [0.2, 0.25) is 0 Å². The molecule has 0 aliphatic rings. The molecule has 1 atom stereocenters. The van der Waals surface area contributed by atoms with Gasteiger partial charge in [0.15, 0.2) is 0 Å². The minimum atomic E-state index is -0.190. The second-order valence-corrected chi connectivity index (χ2v) is 4.41. The molecule has 0 saturated heterocycles. The van der Waals surface area contributed by atoms with E-state index in [1.54, 1.807) is 18.3 Å². The Balaban J connectivity index is 2.23. The van der Waals surface area contributed by atoms with Gasteiger partial charge in [0, 0.05) is 18.4 Å². The fourth-order valence-electron chi connectivity index (χ4n) is 2.11. The van der Waals surface area contributed by atoms with Crippen molar-refractivity contribution in [3.05, 3.63) is 65.2 Å². The molecule has 0 aliphatic heterocycles. The molecule has 0 bridgehead atoms. The summed E-state index contributed by atoms with van der Waals surface area (Å²) in [5.74, 6) is -0.190. The summed E-state index contributed by atoms with van der Waals surface area (Å²) in [5.41, 5.74) is 3.34. The number of pyridine rings is 1. The lowest BCUT2D eigenvalue weighted by atomic mass is 9.97. The number of nitrogens with zero attached hydrogens (tertiary/aromatic N) is 1. The molecule has 3 heteroatoms. The van der Waals surface area contributed by atoms with Crippen molar-refractivity contribution in [1.82, 2.24) is 10.3 Å². The van der Waals surface area contributed by atoms with Crippen molar-refractivity contribution in [3.8, 4) is 0 Å². The Morgan fingerprint density at radius 3 is 2.83 bits per heavy atom. The van der Waals surface area contributed by atoms with Gasteiger partial charge < -0.3 is 5.32 Å². The fraction of sp³-hybridized carbons (Fsp3) is 0.267. The molecule has 1 heterocycles. The van der Waals surface area contributed by atoms with Crippen LogP contribution in [0.15, 0.2) is 42.7 Å². The number of hydrogen-bond acceptors (Lipinski definition) is 2. The molecule has 0 aliphatic carbocycles. The van der Waals surface area contributed by atoms with Crippen molar-refractivity contribution in [3.63, 3.8) is 0 Å². The van der Waals surface area contributed by atoms with Gasteiger partial charge in [0.1, 0.15) is 5.82 Å². The summed E-state index contributed by atoms with van der Waals surface area (Å²) in [6, 6.07) is 8.88. The molecule has 2 rings (SSSR count). The lowest BCUT2D eigenvalue weighted by Gasteiger charge is -2.18. The zero-order chi connectivity index (χ0) is 13.0. The summed E-state index contributed by atoms with van der Waals surface area (Å²) in [7, 11) is 1.91. The van der Waals surface area contributed by atoms with E-state index in [1.165, 1.54) is 11.6 Å². The van der Waals surface area contributed by atoms with Crippen LogP contribution in [0.3, 0.4) is 0 Å². The van der Waals surface area contributed by atoms with Gasteiger partial charge in [-0.15, -0.1) is 0 Å². The Bertz CT molecular complexity index is 525. The number of nitrogens with one attached hydrogen (secondary N) is 1. The van der Waals surface area contributed by atoms with Crippen LogP contribution in [-0.2, 0) is 6.42 Å². The molecule has 0 spiro atoms. The second-order valence-electron chi connectivity index (χ2n) is 4.41. The van der Waals surface area contributed by atoms with Crippen molar-refractivity contribution in [2.75, 3.05) is 7.05 Å². The highest BCUT2D eigenvalue weighted by Crippen LogP contribution is 2.20. The first-order valence-electron chi connectivity index (χ1n) is 6.03. The monoisotopic (exact) mass is 244 g/mol. The molecule has 2 nitrogen and oxygen atoms in total. The Labute approximate surface area is 107 Å². The molecule has 18 heavy (non-hydrogen) atoms. The maximum absolute atomic E-state index is 13.2. The molecule has 0 amide bonds. The van der Waals surface area contributed by atoms with Crippen LogP contribution < -0.4 is 5.32 Å². The van der Waals surface area contributed by atoms with Crippen LogP contribution in [0.25, 0.3) is 0 Å². The summed E-state index contributed by atoms with van der Waals surface area (Å²) >= 11 is 0. The summed E-state index contributed by atoms with van der Waals surface area (Å²) in [6.45, 7) is 2.06. The number of likely N-dealkylation sites (N-methyl/N-ethyl adjacent to an activating group) is 1. The van der Waals surface area contributed by atoms with Crippen molar-refractivity contribution >= 4 is 0 Å². The van der Waals surface area contributed by atoms with E-state index in [0.717, 1.165) is 17.5 Å². The minimum Gasteiger partial charge on any atom is -0.313 e. The summed E-state index contributed by atoms with van der Waals surface area (Å²) in [4.78, 5) is 4.16. The highest BCUT2D eigenvalue weighted by molar-refractivity contribution is 5.28. The van der Waals surface area contributed by atoms with Crippen LogP contribution >= 0.6 is 0 Å². The van der Waals surface area contributed by atoms with Crippen LogP contribution in [0, 0.1) is 12.7 Å².